The number of benzene rings is 2. The molecule has 128 valence electrons. The molecule has 1 aliphatic rings. The van der Waals surface area contributed by atoms with Crippen molar-refractivity contribution in [3.05, 3.63) is 54.1 Å². The largest absolute Gasteiger partial charge is 0.376 e. The summed E-state index contributed by atoms with van der Waals surface area (Å²) in [4.78, 5) is 39.1. The van der Waals surface area contributed by atoms with Gasteiger partial charge in [-0.05, 0) is 36.4 Å². The molecule has 0 bridgehead atoms. The Morgan fingerprint density at radius 3 is 2.16 bits per heavy atom. The monoisotopic (exact) mass is 337 g/mol. The van der Waals surface area contributed by atoms with E-state index in [0.29, 0.717) is 16.9 Å². The van der Waals surface area contributed by atoms with Crippen LogP contribution in [-0.4, -0.2) is 31.8 Å². The summed E-state index contributed by atoms with van der Waals surface area (Å²) in [6.45, 7) is 0. The van der Waals surface area contributed by atoms with Crippen LogP contribution in [0.1, 0.15) is 23.2 Å². The van der Waals surface area contributed by atoms with Gasteiger partial charge in [-0.15, -0.1) is 0 Å². The van der Waals surface area contributed by atoms with E-state index in [4.69, 9.17) is 0 Å². The van der Waals surface area contributed by atoms with Crippen LogP contribution in [0, 0.1) is 0 Å². The number of hydrogen-bond acceptors (Lipinski definition) is 4. The molecule has 0 unspecified atom stereocenters. The lowest BCUT2D eigenvalue weighted by atomic mass is 10.1. The van der Waals surface area contributed by atoms with Crippen molar-refractivity contribution in [3.63, 3.8) is 0 Å². The third-order valence-electron chi connectivity index (χ3n) is 4.07. The fourth-order valence-corrected chi connectivity index (χ4v) is 2.79. The summed E-state index contributed by atoms with van der Waals surface area (Å²) in [5, 5.41) is 2.89. The van der Waals surface area contributed by atoms with E-state index in [-0.39, 0.29) is 30.6 Å². The average Bonchev–Trinajstić information content (AvgIpc) is 2.94. The zero-order valence-corrected chi connectivity index (χ0v) is 14.2. The lowest BCUT2D eigenvalue weighted by Crippen LogP contribution is -2.28. The molecule has 0 saturated carbocycles. The third-order valence-corrected chi connectivity index (χ3v) is 4.07. The predicted molar refractivity (Wildman–Crippen MR) is 96.9 cm³/mol. The highest BCUT2D eigenvalue weighted by molar-refractivity contribution is 6.20. The van der Waals surface area contributed by atoms with E-state index < -0.39 is 0 Å². The second kappa shape index (κ2) is 6.76. The highest BCUT2D eigenvalue weighted by Crippen LogP contribution is 2.25. The molecule has 0 radical (unpaired) electrons. The van der Waals surface area contributed by atoms with Crippen molar-refractivity contribution in [2.45, 2.75) is 12.8 Å². The first-order valence-corrected chi connectivity index (χ1v) is 8.01. The standard InChI is InChI=1S/C19H19N3O3/c1-21(2)16-6-4-3-5-15(16)20-19(25)13-7-9-14(10-8-13)22-17(23)11-12-18(22)24/h3-10H,11-12H2,1-2H3,(H,20,25). The molecule has 6 heteroatoms. The molecule has 0 atom stereocenters. The highest BCUT2D eigenvalue weighted by atomic mass is 16.2. The van der Waals surface area contributed by atoms with Crippen LogP contribution < -0.4 is 15.1 Å². The second-order valence-corrected chi connectivity index (χ2v) is 6.04. The van der Waals surface area contributed by atoms with Gasteiger partial charge in [-0.2, -0.15) is 0 Å². The number of carbonyl (C=O) groups is 3. The molecule has 6 nitrogen and oxygen atoms in total. The van der Waals surface area contributed by atoms with Crippen LogP contribution in [0.25, 0.3) is 0 Å². The second-order valence-electron chi connectivity index (χ2n) is 6.04. The van der Waals surface area contributed by atoms with Crippen molar-refractivity contribution in [2.24, 2.45) is 0 Å². The first kappa shape index (κ1) is 16.7. The van der Waals surface area contributed by atoms with Crippen molar-refractivity contribution >= 4 is 34.8 Å². The van der Waals surface area contributed by atoms with Gasteiger partial charge >= 0.3 is 0 Å². The molecule has 3 amide bonds. The van der Waals surface area contributed by atoms with E-state index in [1.54, 1.807) is 24.3 Å². The molecule has 2 aromatic rings. The van der Waals surface area contributed by atoms with Crippen molar-refractivity contribution in [1.29, 1.82) is 0 Å². The van der Waals surface area contributed by atoms with Crippen LogP contribution in [0.15, 0.2) is 48.5 Å². The van der Waals surface area contributed by atoms with Crippen LogP contribution >= 0.6 is 0 Å². The molecule has 1 saturated heterocycles. The number of nitrogens with zero attached hydrogens (tertiary/aromatic N) is 2. The topological polar surface area (TPSA) is 69.7 Å². The molecule has 3 rings (SSSR count). The minimum atomic E-state index is -0.250. The van der Waals surface area contributed by atoms with Gasteiger partial charge in [0.1, 0.15) is 0 Å². The van der Waals surface area contributed by atoms with Gasteiger partial charge in [0, 0.05) is 32.5 Å². The minimum Gasteiger partial charge on any atom is -0.376 e. The van der Waals surface area contributed by atoms with Crippen LogP contribution in [0.3, 0.4) is 0 Å². The van der Waals surface area contributed by atoms with Crippen LogP contribution in [0.4, 0.5) is 17.1 Å². The van der Waals surface area contributed by atoms with Gasteiger partial charge in [0.25, 0.3) is 5.91 Å². The number of para-hydroxylation sites is 2. The third kappa shape index (κ3) is 3.38. The summed E-state index contributed by atoms with van der Waals surface area (Å²) in [6, 6.07) is 14.0. The first-order valence-electron chi connectivity index (χ1n) is 8.01. The number of rotatable bonds is 4. The number of nitrogens with one attached hydrogen (secondary N) is 1. The van der Waals surface area contributed by atoms with Gasteiger partial charge in [-0.3, -0.25) is 19.3 Å². The average molecular weight is 337 g/mol. The smallest absolute Gasteiger partial charge is 0.255 e. The zero-order chi connectivity index (χ0) is 18.0. The van der Waals surface area contributed by atoms with Gasteiger partial charge in [-0.1, -0.05) is 12.1 Å². The molecule has 0 aromatic heterocycles. The predicted octanol–water partition coefficient (Wildman–Crippen LogP) is 2.66. The Kier molecular flexibility index (Phi) is 4.52. The Hall–Kier alpha value is -3.15. The molecule has 0 spiro atoms. The van der Waals surface area contributed by atoms with E-state index in [0.717, 1.165) is 5.69 Å². The van der Waals surface area contributed by atoms with Crippen LogP contribution in [0.5, 0.6) is 0 Å². The van der Waals surface area contributed by atoms with Crippen molar-refractivity contribution in [3.8, 4) is 0 Å². The van der Waals surface area contributed by atoms with E-state index >= 15 is 0 Å². The summed E-state index contributed by atoms with van der Waals surface area (Å²) < 4.78 is 0. The maximum absolute atomic E-state index is 12.5. The molecule has 1 heterocycles. The molecule has 1 aliphatic heterocycles. The lowest BCUT2D eigenvalue weighted by Gasteiger charge is -2.18. The molecular formula is C19H19N3O3. The molecule has 1 N–H and O–H groups in total. The minimum absolute atomic E-state index is 0.206. The maximum atomic E-state index is 12.5. The first-order chi connectivity index (χ1) is 12.0. The molecule has 0 aliphatic carbocycles. The fourth-order valence-electron chi connectivity index (χ4n) is 2.79. The van der Waals surface area contributed by atoms with Gasteiger partial charge < -0.3 is 10.2 Å². The normalized spacial score (nSPS) is 13.9. The van der Waals surface area contributed by atoms with Gasteiger partial charge in [0.15, 0.2) is 0 Å². The molecular weight excluding hydrogens is 318 g/mol. The number of carbonyl (C=O) groups excluding carboxylic acids is 3. The molecule has 25 heavy (non-hydrogen) atoms. The Bertz CT molecular complexity index is 812. The Balaban J connectivity index is 1.78. The van der Waals surface area contributed by atoms with E-state index in [2.05, 4.69) is 5.32 Å². The maximum Gasteiger partial charge on any atom is 0.255 e. The van der Waals surface area contributed by atoms with E-state index in [9.17, 15) is 14.4 Å². The Labute approximate surface area is 146 Å². The van der Waals surface area contributed by atoms with E-state index in [1.165, 1.54) is 4.90 Å². The molecule has 1 fully saturated rings. The van der Waals surface area contributed by atoms with Crippen molar-refractivity contribution in [1.82, 2.24) is 0 Å². The van der Waals surface area contributed by atoms with Crippen LogP contribution in [0.2, 0.25) is 0 Å². The summed E-state index contributed by atoms with van der Waals surface area (Å²) in [5.41, 5.74) is 2.57. The lowest BCUT2D eigenvalue weighted by molar-refractivity contribution is -0.121. The van der Waals surface area contributed by atoms with Crippen molar-refractivity contribution < 1.29 is 14.4 Å². The Morgan fingerprint density at radius 1 is 0.960 bits per heavy atom. The summed E-state index contributed by atoms with van der Waals surface area (Å²) in [7, 11) is 3.81. The SMILES string of the molecule is CN(C)c1ccccc1NC(=O)c1ccc(N2C(=O)CCC2=O)cc1. The fraction of sp³-hybridized carbons (Fsp3) is 0.211. The number of imide groups is 1. The van der Waals surface area contributed by atoms with Gasteiger partial charge in [0.05, 0.1) is 17.1 Å². The van der Waals surface area contributed by atoms with E-state index in [1.807, 2.05) is 43.3 Å². The zero-order valence-electron chi connectivity index (χ0n) is 14.2. The number of anilines is 3. The van der Waals surface area contributed by atoms with Gasteiger partial charge in [0.2, 0.25) is 11.8 Å². The molecule has 2 aromatic carbocycles. The number of amides is 3. The van der Waals surface area contributed by atoms with Crippen LogP contribution in [-0.2, 0) is 9.59 Å². The summed E-state index contributed by atoms with van der Waals surface area (Å²) in [6.07, 6.45) is 0.477. The summed E-state index contributed by atoms with van der Waals surface area (Å²) in [5.74, 6) is -0.663. The van der Waals surface area contributed by atoms with Crippen molar-refractivity contribution in [2.75, 3.05) is 29.2 Å². The van der Waals surface area contributed by atoms with Gasteiger partial charge in [-0.25, -0.2) is 0 Å². The highest BCUT2D eigenvalue weighted by Gasteiger charge is 2.30. The Morgan fingerprint density at radius 2 is 1.56 bits per heavy atom. The number of hydrogen-bond donors (Lipinski definition) is 1. The summed E-state index contributed by atoms with van der Waals surface area (Å²) >= 11 is 0. The quantitative estimate of drug-likeness (QED) is 0.871.